The van der Waals surface area contributed by atoms with Crippen LogP contribution in [0.4, 0.5) is 0 Å². The van der Waals surface area contributed by atoms with Crippen LogP contribution in [0.1, 0.15) is 15.2 Å². The Hall–Kier alpha value is -1.52. The van der Waals surface area contributed by atoms with E-state index < -0.39 is 0 Å². The van der Waals surface area contributed by atoms with E-state index >= 15 is 0 Å². The summed E-state index contributed by atoms with van der Waals surface area (Å²) < 4.78 is 5.07. The number of amides is 1. The highest BCUT2D eigenvalue weighted by molar-refractivity contribution is 7.12. The summed E-state index contributed by atoms with van der Waals surface area (Å²) >= 11 is 7.22. The van der Waals surface area contributed by atoms with Crippen molar-refractivity contribution in [2.45, 2.75) is 6.54 Å². The van der Waals surface area contributed by atoms with Gasteiger partial charge in [0.2, 0.25) is 0 Å². The molecular formula is C13H12ClNO2S. The molecule has 0 bridgehead atoms. The Balaban J connectivity index is 1.95. The lowest BCUT2D eigenvalue weighted by Gasteiger charge is -2.05. The van der Waals surface area contributed by atoms with Gasteiger partial charge >= 0.3 is 0 Å². The zero-order chi connectivity index (χ0) is 13.0. The maximum absolute atomic E-state index is 11.8. The van der Waals surface area contributed by atoms with Crippen LogP contribution in [0.2, 0.25) is 5.02 Å². The Morgan fingerprint density at radius 3 is 2.61 bits per heavy atom. The predicted octanol–water partition coefficient (Wildman–Crippen LogP) is 3.34. The van der Waals surface area contributed by atoms with E-state index in [1.165, 1.54) is 11.3 Å². The first kappa shape index (κ1) is 12.9. The summed E-state index contributed by atoms with van der Waals surface area (Å²) in [6.07, 6.45) is 0. The van der Waals surface area contributed by atoms with Gasteiger partial charge in [-0.05, 0) is 29.1 Å². The van der Waals surface area contributed by atoms with Crippen LogP contribution in [0.15, 0.2) is 35.7 Å². The molecule has 1 amide bonds. The molecule has 1 heterocycles. The summed E-state index contributed by atoms with van der Waals surface area (Å²) in [6, 6.07) is 9.26. The van der Waals surface area contributed by atoms with Crippen LogP contribution >= 0.6 is 22.9 Å². The molecule has 1 aromatic carbocycles. The van der Waals surface area contributed by atoms with Crippen LogP contribution in [0.3, 0.4) is 0 Å². The van der Waals surface area contributed by atoms with Crippen molar-refractivity contribution in [3.8, 4) is 5.75 Å². The number of carbonyl (C=O) groups excluding carboxylic acids is 1. The van der Waals surface area contributed by atoms with Crippen molar-refractivity contribution in [1.29, 1.82) is 0 Å². The molecule has 1 aromatic heterocycles. The van der Waals surface area contributed by atoms with Crippen LogP contribution in [0.25, 0.3) is 0 Å². The molecule has 0 aliphatic heterocycles. The van der Waals surface area contributed by atoms with Crippen LogP contribution < -0.4 is 10.1 Å². The second kappa shape index (κ2) is 5.89. The maximum Gasteiger partial charge on any atom is 0.263 e. The minimum atomic E-state index is -0.147. The van der Waals surface area contributed by atoms with Gasteiger partial charge in [-0.1, -0.05) is 23.7 Å². The van der Waals surface area contributed by atoms with Gasteiger partial charge in [-0.3, -0.25) is 4.79 Å². The summed E-state index contributed by atoms with van der Waals surface area (Å²) in [5.41, 5.74) is 1.01. The average Bonchev–Trinajstić information content (AvgIpc) is 2.83. The first-order valence-corrected chi connectivity index (χ1v) is 6.60. The number of halogens is 1. The first-order chi connectivity index (χ1) is 8.70. The monoisotopic (exact) mass is 281 g/mol. The van der Waals surface area contributed by atoms with E-state index in [1.54, 1.807) is 18.6 Å². The van der Waals surface area contributed by atoms with E-state index in [-0.39, 0.29) is 5.91 Å². The van der Waals surface area contributed by atoms with Gasteiger partial charge in [-0.25, -0.2) is 0 Å². The zero-order valence-electron chi connectivity index (χ0n) is 9.77. The standard InChI is InChI=1S/C13H12ClNO2S/c1-17-10-4-2-9(3-5-10)8-15-13(16)12-11(14)6-7-18-12/h2-7H,8H2,1H3,(H,15,16). The summed E-state index contributed by atoms with van der Waals surface area (Å²) in [5, 5.41) is 5.11. The molecule has 1 N–H and O–H groups in total. The first-order valence-electron chi connectivity index (χ1n) is 5.35. The molecule has 94 valence electrons. The molecule has 0 unspecified atom stereocenters. The van der Waals surface area contributed by atoms with E-state index in [0.29, 0.717) is 16.4 Å². The van der Waals surface area contributed by atoms with Crippen molar-refractivity contribution in [1.82, 2.24) is 5.32 Å². The smallest absolute Gasteiger partial charge is 0.263 e. The molecule has 18 heavy (non-hydrogen) atoms. The number of thiophene rings is 1. The van der Waals surface area contributed by atoms with Gasteiger partial charge in [0.25, 0.3) is 5.91 Å². The quantitative estimate of drug-likeness (QED) is 0.933. The zero-order valence-corrected chi connectivity index (χ0v) is 11.3. The normalized spacial score (nSPS) is 10.1. The molecule has 0 saturated heterocycles. The fourth-order valence-electron chi connectivity index (χ4n) is 1.46. The molecule has 0 radical (unpaired) electrons. The van der Waals surface area contributed by atoms with E-state index in [1.807, 2.05) is 24.3 Å². The van der Waals surface area contributed by atoms with Crippen molar-refractivity contribution < 1.29 is 9.53 Å². The molecule has 5 heteroatoms. The number of hydrogen-bond donors (Lipinski definition) is 1. The van der Waals surface area contributed by atoms with Crippen molar-refractivity contribution in [3.05, 3.63) is 51.2 Å². The highest BCUT2D eigenvalue weighted by Gasteiger charge is 2.10. The number of rotatable bonds is 4. The van der Waals surface area contributed by atoms with Crippen molar-refractivity contribution >= 4 is 28.8 Å². The van der Waals surface area contributed by atoms with Crippen molar-refractivity contribution in [3.63, 3.8) is 0 Å². The Kier molecular flexibility index (Phi) is 4.23. The summed E-state index contributed by atoms with van der Waals surface area (Å²) in [5.74, 6) is 0.650. The SMILES string of the molecule is COc1ccc(CNC(=O)c2sccc2Cl)cc1. The Morgan fingerprint density at radius 2 is 2.06 bits per heavy atom. The molecular weight excluding hydrogens is 270 g/mol. The Bertz CT molecular complexity index is 536. The highest BCUT2D eigenvalue weighted by atomic mass is 35.5. The number of carbonyl (C=O) groups is 1. The van der Waals surface area contributed by atoms with E-state index in [0.717, 1.165) is 11.3 Å². The summed E-state index contributed by atoms with van der Waals surface area (Å²) in [4.78, 5) is 12.4. The molecule has 0 fully saturated rings. The molecule has 0 atom stereocenters. The topological polar surface area (TPSA) is 38.3 Å². The lowest BCUT2D eigenvalue weighted by atomic mass is 10.2. The number of methoxy groups -OCH3 is 1. The van der Waals surface area contributed by atoms with E-state index in [9.17, 15) is 4.79 Å². The van der Waals surface area contributed by atoms with Crippen LogP contribution in [0.5, 0.6) is 5.75 Å². The van der Waals surface area contributed by atoms with Crippen LogP contribution in [0, 0.1) is 0 Å². The second-order valence-electron chi connectivity index (χ2n) is 3.63. The van der Waals surface area contributed by atoms with E-state index in [2.05, 4.69) is 5.32 Å². The second-order valence-corrected chi connectivity index (χ2v) is 4.95. The largest absolute Gasteiger partial charge is 0.497 e. The number of ether oxygens (including phenoxy) is 1. The number of hydrogen-bond acceptors (Lipinski definition) is 3. The molecule has 0 aliphatic carbocycles. The molecule has 0 saturated carbocycles. The third-order valence-electron chi connectivity index (χ3n) is 2.44. The predicted molar refractivity (Wildman–Crippen MR) is 73.5 cm³/mol. The average molecular weight is 282 g/mol. The van der Waals surface area contributed by atoms with Crippen LogP contribution in [-0.4, -0.2) is 13.0 Å². The lowest BCUT2D eigenvalue weighted by molar-refractivity contribution is 0.0955. The highest BCUT2D eigenvalue weighted by Crippen LogP contribution is 2.21. The van der Waals surface area contributed by atoms with Gasteiger partial charge in [0, 0.05) is 6.54 Å². The molecule has 0 aliphatic rings. The molecule has 2 rings (SSSR count). The molecule has 3 nitrogen and oxygen atoms in total. The maximum atomic E-state index is 11.8. The van der Waals surface area contributed by atoms with Crippen molar-refractivity contribution in [2.24, 2.45) is 0 Å². The lowest BCUT2D eigenvalue weighted by Crippen LogP contribution is -2.21. The Morgan fingerprint density at radius 1 is 1.33 bits per heavy atom. The fraction of sp³-hybridized carbons (Fsp3) is 0.154. The third kappa shape index (κ3) is 3.03. The molecule has 2 aromatic rings. The van der Waals surface area contributed by atoms with Gasteiger partial charge in [-0.2, -0.15) is 0 Å². The van der Waals surface area contributed by atoms with Gasteiger partial charge in [0.15, 0.2) is 0 Å². The minimum Gasteiger partial charge on any atom is -0.497 e. The molecule has 0 spiro atoms. The van der Waals surface area contributed by atoms with Crippen molar-refractivity contribution in [2.75, 3.05) is 7.11 Å². The van der Waals surface area contributed by atoms with Gasteiger partial charge < -0.3 is 10.1 Å². The third-order valence-corrected chi connectivity index (χ3v) is 3.78. The number of nitrogens with one attached hydrogen (secondary N) is 1. The van der Waals surface area contributed by atoms with E-state index in [4.69, 9.17) is 16.3 Å². The van der Waals surface area contributed by atoms with Gasteiger partial charge in [0.05, 0.1) is 12.1 Å². The number of benzene rings is 1. The van der Waals surface area contributed by atoms with Crippen LogP contribution in [-0.2, 0) is 6.54 Å². The minimum absolute atomic E-state index is 0.147. The fourth-order valence-corrected chi connectivity index (χ4v) is 2.52. The van der Waals surface area contributed by atoms with Gasteiger partial charge in [-0.15, -0.1) is 11.3 Å². The van der Waals surface area contributed by atoms with Gasteiger partial charge in [0.1, 0.15) is 10.6 Å². The summed E-state index contributed by atoms with van der Waals surface area (Å²) in [7, 11) is 1.62. The Labute approximate surface area is 114 Å². The summed E-state index contributed by atoms with van der Waals surface area (Å²) in [6.45, 7) is 0.469.